The Morgan fingerprint density at radius 2 is 1.57 bits per heavy atom. The van der Waals surface area contributed by atoms with E-state index in [1.54, 1.807) is 13.2 Å². The Morgan fingerprint density at radius 1 is 0.967 bits per heavy atom. The Hall–Kier alpha value is -2.07. The molecular formula is C26H27BrO3. The maximum absolute atomic E-state index is 11.0. The molecule has 0 atom stereocenters. The standard InChI is InChI=1S/C26H27BrO3/c1-30-24-7-6-19(18-4-2-15(3-5-18)13-23(27)26(28)29)14-22(24)25-20-9-16-8-17(11-20)12-21(25)10-16/h2-7,13-14,16-17,20-21,25H,8-12H2,1H3,(H,28,29). The lowest BCUT2D eigenvalue weighted by atomic mass is 9.50. The molecule has 4 saturated carbocycles. The highest BCUT2D eigenvalue weighted by Gasteiger charge is 2.49. The normalized spacial score (nSPS) is 29.8. The second-order valence-corrected chi connectivity index (χ2v) is 10.2. The number of rotatable bonds is 5. The van der Waals surface area contributed by atoms with Gasteiger partial charge in [-0.15, -0.1) is 0 Å². The lowest BCUT2D eigenvalue weighted by Gasteiger charge is -2.54. The van der Waals surface area contributed by atoms with E-state index in [4.69, 9.17) is 9.84 Å². The summed E-state index contributed by atoms with van der Waals surface area (Å²) in [6.45, 7) is 0. The molecule has 0 radical (unpaired) electrons. The van der Waals surface area contributed by atoms with Crippen LogP contribution in [-0.4, -0.2) is 18.2 Å². The van der Waals surface area contributed by atoms with Crippen molar-refractivity contribution in [1.82, 2.24) is 0 Å². The van der Waals surface area contributed by atoms with Gasteiger partial charge in [-0.3, -0.25) is 0 Å². The molecule has 0 spiro atoms. The summed E-state index contributed by atoms with van der Waals surface area (Å²) in [6.07, 6.45) is 8.67. The quantitative estimate of drug-likeness (QED) is 0.497. The second kappa shape index (κ2) is 7.88. The third-order valence-corrected chi connectivity index (χ3v) is 8.13. The van der Waals surface area contributed by atoms with Gasteiger partial charge in [0, 0.05) is 0 Å². The van der Waals surface area contributed by atoms with Crippen molar-refractivity contribution in [2.24, 2.45) is 23.7 Å². The van der Waals surface area contributed by atoms with E-state index < -0.39 is 5.97 Å². The van der Waals surface area contributed by atoms with Crippen LogP contribution in [0.5, 0.6) is 5.75 Å². The number of carboxylic acids is 1. The topological polar surface area (TPSA) is 46.5 Å². The maximum atomic E-state index is 11.0. The minimum atomic E-state index is -0.963. The number of benzene rings is 2. The largest absolute Gasteiger partial charge is 0.496 e. The molecule has 156 valence electrons. The Morgan fingerprint density at radius 3 is 2.13 bits per heavy atom. The highest BCUT2D eigenvalue weighted by Crippen LogP contribution is 2.60. The van der Waals surface area contributed by atoms with Gasteiger partial charge < -0.3 is 9.84 Å². The molecule has 4 aliphatic rings. The summed E-state index contributed by atoms with van der Waals surface area (Å²) in [7, 11) is 1.79. The average molecular weight is 467 g/mol. The van der Waals surface area contributed by atoms with Crippen molar-refractivity contribution >= 4 is 28.0 Å². The molecule has 2 aromatic carbocycles. The van der Waals surface area contributed by atoms with Crippen molar-refractivity contribution in [3.8, 4) is 16.9 Å². The molecule has 30 heavy (non-hydrogen) atoms. The molecule has 0 aromatic heterocycles. The highest BCUT2D eigenvalue weighted by atomic mass is 79.9. The Balaban J connectivity index is 1.47. The lowest BCUT2D eigenvalue weighted by molar-refractivity contribution is -0.131. The van der Waals surface area contributed by atoms with Crippen molar-refractivity contribution in [3.05, 3.63) is 58.1 Å². The zero-order chi connectivity index (χ0) is 20.8. The van der Waals surface area contributed by atoms with Crippen molar-refractivity contribution in [2.75, 3.05) is 7.11 Å². The molecule has 3 nitrogen and oxygen atoms in total. The summed E-state index contributed by atoms with van der Waals surface area (Å²) >= 11 is 3.09. The van der Waals surface area contributed by atoms with Gasteiger partial charge in [-0.25, -0.2) is 4.79 Å². The molecule has 1 N–H and O–H groups in total. The van der Waals surface area contributed by atoms with Crippen molar-refractivity contribution < 1.29 is 14.6 Å². The SMILES string of the molecule is COc1ccc(-c2ccc(C=C(Br)C(=O)O)cc2)cc1C1C2CC3CC(C2)CC1C3. The van der Waals surface area contributed by atoms with Crippen LogP contribution in [0.15, 0.2) is 46.9 Å². The molecule has 6 rings (SSSR count). The average Bonchev–Trinajstić information content (AvgIpc) is 2.73. The minimum absolute atomic E-state index is 0.156. The van der Waals surface area contributed by atoms with Gasteiger partial charge in [-0.05, 0) is 118 Å². The third kappa shape index (κ3) is 3.60. The van der Waals surface area contributed by atoms with E-state index in [1.807, 2.05) is 12.1 Å². The van der Waals surface area contributed by atoms with E-state index >= 15 is 0 Å². The van der Waals surface area contributed by atoms with Crippen molar-refractivity contribution in [2.45, 2.75) is 38.0 Å². The molecule has 4 heteroatoms. The van der Waals surface area contributed by atoms with Gasteiger partial charge in [0.15, 0.2) is 0 Å². The molecule has 0 amide bonds. The molecule has 4 bridgehead atoms. The van der Waals surface area contributed by atoms with Crippen LogP contribution in [0, 0.1) is 23.7 Å². The van der Waals surface area contributed by atoms with E-state index in [9.17, 15) is 4.79 Å². The van der Waals surface area contributed by atoms with Crippen LogP contribution < -0.4 is 4.74 Å². The van der Waals surface area contributed by atoms with Crippen LogP contribution in [0.3, 0.4) is 0 Å². The molecule has 0 saturated heterocycles. The number of halogens is 1. The van der Waals surface area contributed by atoms with E-state index in [0.717, 1.165) is 40.5 Å². The Bertz CT molecular complexity index is 964. The summed E-state index contributed by atoms with van der Waals surface area (Å²) in [6, 6.07) is 14.7. The zero-order valence-electron chi connectivity index (χ0n) is 17.2. The van der Waals surface area contributed by atoms with E-state index in [1.165, 1.54) is 43.2 Å². The van der Waals surface area contributed by atoms with Crippen LogP contribution in [0.1, 0.15) is 49.1 Å². The zero-order valence-corrected chi connectivity index (χ0v) is 18.8. The summed E-state index contributed by atoms with van der Waals surface area (Å²) in [5.41, 5.74) is 4.60. The van der Waals surface area contributed by atoms with Crippen molar-refractivity contribution in [3.63, 3.8) is 0 Å². The van der Waals surface area contributed by atoms with Gasteiger partial charge in [0.25, 0.3) is 0 Å². The minimum Gasteiger partial charge on any atom is -0.496 e. The van der Waals surface area contributed by atoms with E-state index in [0.29, 0.717) is 5.92 Å². The fourth-order valence-electron chi connectivity index (χ4n) is 6.59. The highest BCUT2D eigenvalue weighted by molar-refractivity contribution is 9.12. The summed E-state index contributed by atoms with van der Waals surface area (Å²) in [4.78, 5) is 11.0. The van der Waals surface area contributed by atoms with Crippen molar-refractivity contribution in [1.29, 1.82) is 0 Å². The molecule has 0 aliphatic heterocycles. The van der Waals surface area contributed by atoms with Gasteiger partial charge in [0.05, 0.1) is 7.11 Å². The maximum Gasteiger partial charge on any atom is 0.342 e. The molecule has 0 unspecified atom stereocenters. The second-order valence-electron chi connectivity index (χ2n) is 9.33. The molecule has 4 aliphatic carbocycles. The van der Waals surface area contributed by atoms with E-state index in [-0.39, 0.29) is 4.48 Å². The van der Waals surface area contributed by atoms with Crippen LogP contribution in [0.25, 0.3) is 17.2 Å². The number of hydrogen-bond acceptors (Lipinski definition) is 2. The van der Waals surface area contributed by atoms with Crippen LogP contribution >= 0.6 is 15.9 Å². The predicted octanol–water partition coefficient (Wildman–Crippen LogP) is 6.72. The first kappa shape index (κ1) is 19.9. The van der Waals surface area contributed by atoms with Gasteiger partial charge in [-0.2, -0.15) is 0 Å². The van der Waals surface area contributed by atoms with Crippen LogP contribution in [-0.2, 0) is 4.79 Å². The van der Waals surface area contributed by atoms with Crippen LogP contribution in [0.4, 0.5) is 0 Å². The number of methoxy groups -OCH3 is 1. The van der Waals surface area contributed by atoms with Gasteiger partial charge in [-0.1, -0.05) is 30.3 Å². The summed E-state index contributed by atoms with van der Waals surface area (Å²) < 4.78 is 5.97. The summed E-state index contributed by atoms with van der Waals surface area (Å²) in [5, 5.41) is 9.04. The fraction of sp³-hybridized carbons (Fsp3) is 0.423. The molecule has 4 fully saturated rings. The number of aliphatic carboxylic acids is 1. The first-order chi connectivity index (χ1) is 14.5. The first-order valence-electron chi connectivity index (χ1n) is 10.9. The van der Waals surface area contributed by atoms with Crippen LogP contribution in [0.2, 0.25) is 0 Å². The number of carboxylic acid groups (broad SMARTS) is 1. The monoisotopic (exact) mass is 466 g/mol. The fourth-order valence-corrected chi connectivity index (χ4v) is 6.85. The Kier molecular flexibility index (Phi) is 5.22. The van der Waals surface area contributed by atoms with Gasteiger partial charge >= 0.3 is 5.97 Å². The van der Waals surface area contributed by atoms with E-state index in [2.05, 4.69) is 46.3 Å². The number of ether oxygens (including phenoxy) is 1. The third-order valence-electron chi connectivity index (χ3n) is 7.56. The Labute approximate surface area is 186 Å². The first-order valence-corrected chi connectivity index (χ1v) is 11.7. The van der Waals surface area contributed by atoms with Gasteiger partial charge in [0.1, 0.15) is 10.2 Å². The smallest absolute Gasteiger partial charge is 0.342 e. The lowest BCUT2D eigenvalue weighted by Crippen LogP contribution is -2.43. The summed E-state index contributed by atoms with van der Waals surface area (Å²) in [5.74, 6) is 4.24. The van der Waals surface area contributed by atoms with Gasteiger partial charge in [0.2, 0.25) is 0 Å². The predicted molar refractivity (Wildman–Crippen MR) is 123 cm³/mol. The number of carbonyl (C=O) groups is 1. The molecule has 0 heterocycles. The molecular weight excluding hydrogens is 440 g/mol. The molecule has 2 aromatic rings. The number of hydrogen-bond donors (Lipinski definition) is 1.